The molecule has 0 aromatic carbocycles. The minimum absolute atomic E-state index is 0.853. The van der Waals surface area contributed by atoms with Gasteiger partial charge >= 0.3 is 0 Å². The Labute approximate surface area is 143 Å². The minimum Gasteiger partial charge on any atom is -0.356 e. The first-order chi connectivity index (χ1) is 11.2. The van der Waals surface area contributed by atoms with Crippen LogP contribution in [-0.2, 0) is 12.8 Å². The summed E-state index contributed by atoms with van der Waals surface area (Å²) in [7, 11) is 4.17. The van der Waals surface area contributed by atoms with Crippen molar-refractivity contribution >= 4 is 17.6 Å². The third kappa shape index (κ3) is 3.64. The van der Waals surface area contributed by atoms with E-state index >= 15 is 0 Å². The van der Waals surface area contributed by atoms with Gasteiger partial charge in [0.2, 0.25) is 0 Å². The molecule has 0 amide bonds. The largest absolute Gasteiger partial charge is 0.356 e. The quantitative estimate of drug-likeness (QED) is 0.776. The molecule has 124 valence electrons. The molecule has 1 aliphatic carbocycles. The third-order valence-corrected chi connectivity index (χ3v) is 5.71. The van der Waals surface area contributed by atoms with Crippen LogP contribution in [0.15, 0.2) is 5.03 Å². The molecule has 1 aromatic heterocycles. The molecule has 0 atom stereocenters. The van der Waals surface area contributed by atoms with Gasteiger partial charge in [0.15, 0.2) is 0 Å². The highest BCUT2D eigenvalue weighted by atomic mass is 32.2. The normalized spacial score (nSPS) is 17.4. The Bertz CT molecular complexity index is 600. The molecule has 23 heavy (non-hydrogen) atoms. The number of rotatable bonds is 5. The van der Waals surface area contributed by atoms with E-state index in [9.17, 15) is 5.26 Å². The van der Waals surface area contributed by atoms with Gasteiger partial charge in [-0.05, 0) is 63.7 Å². The summed E-state index contributed by atoms with van der Waals surface area (Å²) >= 11 is 1.74. The Kier molecular flexibility index (Phi) is 5.45. The van der Waals surface area contributed by atoms with Crippen LogP contribution < -0.4 is 4.90 Å². The number of thioether (sulfide) groups is 1. The van der Waals surface area contributed by atoms with Gasteiger partial charge in [-0.3, -0.25) is 0 Å². The van der Waals surface area contributed by atoms with Crippen LogP contribution in [0.4, 0.5) is 5.82 Å². The van der Waals surface area contributed by atoms with Gasteiger partial charge in [0.05, 0.1) is 5.56 Å². The summed E-state index contributed by atoms with van der Waals surface area (Å²) in [6.07, 6.45) is 7.09. The number of hydrogen-bond acceptors (Lipinski definition) is 5. The predicted octanol–water partition coefficient (Wildman–Crippen LogP) is 3.09. The summed E-state index contributed by atoms with van der Waals surface area (Å²) in [4.78, 5) is 9.61. The number of anilines is 1. The molecule has 2 heterocycles. The third-order valence-electron chi connectivity index (χ3n) is 4.76. The standard InChI is InChI=1S/C18H26N4S/c1-21(2)11-12-23-18-16(13-19)14-7-3-4-8-15(14)17(20-18)22-9-5-6-10-22/h3-12H2,1-2H3. The Hall–Kier alpha value is -1.25. The molecule has 3 rings (SSSR count). The molecule has 0 N–H and O–H groups in total. The number of aromatic nitrogens is 1. The zero-order chi connectivity index (χ0) is 16.2. The van der Waals surface area contributed by atoms with E-state index in [1.165, 1.54) is 42.6 Å². The van der Waals surface area contributed by atoms with E-state index in [0.29, 0.717) is 0 Å². The topological polar surface area (TPSA) is 43.2 Å². The van der Waals surface area contributed by atoms with Gasteiger partial charge < -0.3 is 9.80 Å². The summed E-state index contributed by atoms with van der Waals surface area (Å²) in [5.41, 5.74) is 3.51. The highest BCUT2D eigenvalue weighted by Crippen LogP contribution is 2.37. The maximum atomic E-state index is 9.71. The van der Waals surface area contributed by atoms with Crippen molar-refractivity contribution in [2.45, 2.75) is 43.6 Å². The lowest BCUT2D eigenvalue weighted by atomic mass is 9.89. The van der Waals surface area contributed by atoms with Crippen molar-refractivity contribution in [3.63, 3.8) is 0 Å². The van der Waals surface area contributed by atoms with Gasteiger partial charge in [-0.2, -0.15) is 5.26 Å². The van der Waals surface area contributed by atoms with Crippen LogP contribution in [0.2, 0.25) is 0 Å². The molecule has 1 aromatic rings. The zero-order valence-electron chi connectivity index (χ0n) is 14.3. The molecule has 0 spiro atoms. The molecular formula is C18H26N4S. The summed E-state index contributed by atoms with van der Waals surface area (Å²) in [5, 5.41) is 10.7. The molecule has 0 bridgehead atoms. The molecule has 0 radical (unpaired) electrons. The molecule has 5 heteroatoms. The fourth-order valence-corrected chi connectivity index (χ4v) is 4.63. The van der Waals surface area contributed by atoms with Crippen molar-refractivity contribution in [1.29, 1.82) is 5.26 Å². The minimum atomic E-state index is 0.853. The van der Waals surface area contributed by atoms with Crippen molar-refractivity contribution in [3.05, 3.63) is 16.7 Å². The summed E-state index contributed by atoms with van der Waals surface area (Å²) in [5.74, 6) is 2.16. The number of nitriles is 1. The van der Waals surface area contributed by atoms with E-state index in [-0.39, 0.29) is 0 Å². The second-order valence-corrected chi connectivity index (χ2v) is 7.82. The first-order valence-electron chi connectivity index (χ1n) is 8.69. The van der Waals surface area contributed by atoms with Crippen LogP contribution in [0, 0.1) is 11.3 Å². The van der Waals surface area contributed by atoms with E-state index in [2.05, 4.69) is 30.0 Å². The SMILES string of the molecule is CN(C)CCSc1nc(N2CCCC2)c2c(c1C#N)CCCC2. The second kappa shape index (κ2) is 7.55. The maximum Gasteiger partial charge on any atom is 0.133 e. The Morgan fingerprint density at radius 1 is 1.13 bits per heavy atom. The highest BCUT2D eigenvalue weighted by Gasteiger charge is 2.26. The number of pyridine rings is 1. The average Bonchev–Trinajstić information content (AvgIpc) is 3.08. The van der Waals surface area contributed by atoms with E-state index in [4.69, 9.17) is 4.98 Å². The molecule has 0 saturated carbocycles. The number of nitrogens with zero attached hydrogens (tertiary/aromatic N) is 4. The summed E-state index contributed by atoms with van der Waals surface area (Å²) < 4.78 is 0. The lowest BCUT2D eigenvalue weighted by Crippen LogP contribution is -2.24. The summed E-state index contributed by atoms with van der Waals surface area (Å²) in [6, 6.07) is 2.46. The lowest BCUT2D eigenvalue weighted by molar-refractivity contribution is 0.437. The fourth-order valence-electron chi connectivity index (χ4n) is 3.51. The molecule has 2 aliphatic rings. The molecule has 1 saturated heterocycles. The van der Waals surface area contributed by atoms with Crippen LogP contribution in [0.1, 0.15) is 42.4 Å². The monoisotopic (exact) mass is 330 g/mol. The predicted molar refractivity (Wildman–Crippen MR) is 96.3 cm³/mol. The molecular weight excluding hydrogens is 304 g/mol. The van der Waals surface area contributed by atoms with Gasteiger partial charge in [-0.25, -0.2) is 4.98 Å². The van der Waals surface area contributed by atoms with Crippen LogP contribution in [0.25, 0.3) is 0 Å². The molecule has 4 nitrogen and oxygen atoms in total. The van der Waals surface area contributed by atoms with Crippen LogP contribution in [0.3, 0.4) is 0 Å². The van der Waals surface area contributed by atoms with Crippen LogP contribution >= 0.6 is 11.8 Å². The molecule has 1 aliphatic heterocycles. The van der Waals surface area contributed by atoms with Crippen molar-refractivity contribution in [2.24, 2.45) is 0 Å². The Morgan fingerprint density at radius 2 is 1.83 bits per heavy atom. The van der Waals surface area contributed by atoms with Crippen molar-refractivity contribution in [1.82, 2.24) is 9.88 Å². The van der Waals surface area contributed by atoms with Gasteiger partial charge in [0.25, 0.3) is 0 Å². The van der Waals surface area contributed by atoms with Gasteiger partial charge in [0.1, 0.15) is 16.9 Å². The van der Waals surface area contributed by atoms with E-state index < -0.39 is 0 Å². The Morgan fingerprint density at radius 3 is 2.48 bits per heavy atom. The summed E-state index contributed by atoms with van der Waals surface area (Å²) in [6.45, 7) is 3.24. The highest BCUT2D eigenvalue weighted by molar-refractivity contribution is 7.99. The van der Waals surface area contributed by atoms with E-state index in [1.807, 2.05) is 0 Å². The van der Waals surface area contributed by atoms with Crippen molar-refractivity contribution < 1.29 is 0 Å². The fraction of sp³-hybridized carbons (Fsp3) is 0.667. The van der Waals surface area contributed by atoms with Crippen LogP contribution in [-0.4, -0.2) is 49.4 Å². The van der Waals surface area contributed by atoms with E-state index in [1.54, 1.807) is 11.8 Å². The average molecular weight is 331 g/mol. The smallest absolute Gasteiger partial charge is 0.133 e. The molecule has 1 fully saturated rings. The number of hydrogen-bond donors (Lipinski definition) is 0. The van der Waals surface area contributed by atoms with Crippen molar-refractivity contribution in [3.8, 4) is 6.07 Å². The first-order valence-corrected chi connectivity index (χ1v) is 9.67. The number of fused-ring (bicyclic) bond motifs is 1. The first kappa shape index (κ1) is 16.6. The Balaban J connectivity index is 1.97. The van der Waals surface area contributed by atoms with Crippen molar-refractivity contribution in [2.75, 3.05) is 44.4 Å². The lowest BCUT2D eigenvalue weighted by Gasteiger charge is -2.27. The molecule has 0 unspecified atom stereocenters. The van der Waals surface area contributed by atoms with Gasteiger partial charge in [0, 0.05) is 25.4 Å². The van der Waals surface area contributed by atoms with Gasteiger partial charge in [-0.15, -0.1) is 11.8 Å². The van der Waals surface area contributed by atoms with E-state index in [0.717, 1.165) is 48.8 Å². The van der Waals surface area contributed by atoms with Gasteiger partial charge in [-0.1, -0.05) is 0 Å². The zero-order valence-corrected chi connectivity index (χ0v) is 15.1. The maximum absolute atomic E-state index is 9.71. The van der Waals surface area contributed by atoms with Crippen LogP contribution in [0.5, 0.6) is 0 Å². The second-order valence-electron chi connectivity index (χ2n) is 6.74.